The lowest BCUT2D eigenvalue weighted by Gasteiger charge is -2.15. The van der Waals surface area contributed by atoms with Crippen LogP contribution in [0.1, 0.15) is 129 Å². The Morgan fingerprint density at radius 3 is 1.69 bits per heavy atom. The summed E-state index contributed by atoms with van der Waals surface area (Å²) in [5.41, 5.74) is 9.12. The lowest BCUT2D eigenvalue weighted by molar-refractivity contribution is 0.385. The number of aryl methyl sites for hydroxylation is 4. The summed E-state index contributed by atoms with van der Waals surface area (Å²) in [4.78, 5) is 0. The maximum Gasteiger partial charge on any atom is -0.0161 e. The zero-order chi connectivity index (χ0) is 28.5. The molecule has 0 unspecified atom stereocenters. The molecule has 2 aromatic carbocycles. The van der Waals surface area contributed by atoms with Crippen LogP contribution in [0.15, 0.2) is 60.7 Å². The van der Waals surface area contributed by atoms with Crippen molar-refractivity contribution in [1.82, 2.24) is 0 Å². The van der Waals surface area contributed by atoms with Crippen molar-refractivity contribution in [3.05, 3.63) is 88.5 Å². The number of hydrogen-bond donors (Lipinski definition) is 0. The molecule has 36 heavy (non-hydrogen) atoms. The highest BCUT2D eigenvalue weighted by Crippen LogP contribution is 2.22. The molecule has 0 atom stereocenters. The van der Waals surface area contributed by atoms with Crippen LogP contribution in [0.4, 0.5) is 0 Å². The van der Waals surface area contributed by atoms with Gasteiger partial charge in [-0.2, -0.15) is 0 Å². The molecule has 0 saturated heterocycles. The first-order valence-corrected chi connectivity index (χ1v) is 14.7. The van der Waals surface area contributed by atoms with Gasteiger partial charge in [-0.1, -0.05) is 148 Å². The third-order valence-electron chi connectivity index (χ3n) is 5.83. The Morgan fingerprint density at radius 1 is 0.778 bits per heavy atom. The Kier molecular flexibility index (Phi) is 27.8. The van der Waals surface area contributed by atoms with E-state index in [0.717, 1.165) is 17.9 Å². The minimum Gasteiger partial charge on any atom is -0.0912 e. The van der Waals surface area contributed by atoms with Crippen LogP contribution < -0.4 is 0 Å². The summed E-state index contributed by atoms with van der Waals surface area (Å²) >= 11 is 0. The molecule has 1 saturated carbocycles. The first-order chi connectivity index (χ1) is 17.2. The van der Waals surface area contributed by atoms with Crippen LogP contribution in [-0.4, -0.2) is 0 Å². The maximum atomic E-state index is 4.05. The van der Waals surface area contributed by atoms with Gasteiger partial charge >= 0.3 is 0 Å². The largest absolute Gasteiger partial charge is 0.0912 e. The van der Waals surface area contributed by atoms with Crippen molar-refractivity contribution in [3.63, 3.8) is 0 Å². The van der Waals surface area contributed by atoms with E-state index in [-0.39, 0.29) is 0 Å². The minimum absolute atomic E-state index is 1.04. The molecule has 1 fully saturated rings. The molecule has 1 aliphatic rings. The monoisotopic (exact) mass is 494 g/mol. The van der Waals surface area contributed by atoms with Crippen molar-refractivity contribution >= 4 is 5.57 Å². The molecular formula is C36H62. The fourth-order valence-corrected chi connectivity index (χ4v) is 3.69. The van der Waals surface area contributed by atoms with E-state index in [9.17, 15) is 0 Å². The van der Waals surface area contributed by atoms with E-state index in [0.29, 0.717) is 0 Å². The van der Waals surface area contributed by atoms with Crippen LogP contribution in [-0.2, 0) is 6.42 Å². The summed E-state index contributed by atoms with van der Waals surface area (Å²) in [6, 6.07) is 15.0. The lowest BCUT2D eigenvalue weighted by atomic mass is 9.91. The molecule has 3 rings (SSSR count). The van der Waals surface area contributed by atoms with Crippen LogP contribution in [0.25, 0.3) is 5.57 Å². The highest BCUT2D eigenvalue weighted by atomic mass is 14.1. The van der Waals surface area contributed by atoms with Crippen LogP contribution in [0.5, 0.6) is 0 Å². The average molecular weight is 495 g/mol. The van der Waals surface area contributed by atoms with Gasteiger partial charge in [-0.05, 0) is 80.3 Å². The van der Waals surface area contributed by atoms with Gasteiger partial charge in [0.25, 0.3) is 0 Å². The minimum atomic E-state index is 1.04. The standard InChI is InChI=1S/C13H16.C10H14.C7H14.3C2H6/c1-10(2)9-12(4)13-8-6-5-7-11(13)3;1-4-10-6-5-8(2)9(3)7-10;1-7-5-3-2-4-6-7;3*1-2/h5-9H,4H2,1-3H3;5-7H,4H2,1-3H3;7H,2-6H2,1H3;3*1-2H3. The van der Waals surface area contributed by atoms with E-state index < -0.39 is 0 Å². The fraction of sp³-hybridized carbons (Fsp3) is 0.556. The molecule has 0 aromatic heterocycles. The van der Waals surface area contributed by atoms with Gasteiger partial charge in [0.1, 0.15) is 0 Å². The van der Waals surface area contributed by atoms with Gasteiger partial charge in [-0.25, -0.2) is 0 Å². The second-order valence-corrected chi connectivity index (χ2v) is 9.08. The highest BCUT2D eigenvalue weighted by molar-refractivity contribution is 5.74. The zero-order valence-electron chi connectivity index (χ0n) is 26.6. The summed E-state index contributed by atoms with van der Waals surface area (Å²) in [6.45, 7) is 31.2. The molecule has 0 spiro atoms. The van der Waals surface area contributed by atoms with E-state index in [1.54, 1.807) is 0 Å². The predicted molar refractivity (Wildman–Crippen MR) is 171 cm³/mol. The topological polar surface area (TPSA) is 0 Å². The normalized spacial score (nSPS) is 11.6. The quantitative estimate of drug-likeness (QED) is 0.372. The summed E-state index contributed by atoms with van der Waals surface area (Å²) in [7, 11) is 0. The number of allylic oxidation sites excluding steroid dienone is 3. The van der Waals surface area contributed by atoms with E-state index in [1.165, 1.54) is 65.5 Å². The van der Waals surface area contributed by atoms with Crippen LogP contribution in [0.3, 0.4) is 0 Å². The average Bonchev–Trinajstić information content (AvgIpc) is 2.90. The summed E-state index contributed by atoms with van der Waals surface area (Å²) in [6.07, 6.45) is 10.7. The van der Waals surface area contributed by atoms with Crippen molar-refractivity contribution < 1.29 is 0 Å². The Bertz CT molecular complexity index is 797. The number of rotatable bonds is 3. The van der Waals surface area contributed by atoms with E-state index in [4.69, 9.17) is 0 Å². The molecule has 2 aromatic rings. The van der Waals surface area contributed by atoms with Gasteiger partial charge in [0.15, 0.2) is 0 Å². The summed E-state index contributed by atoms with van der Waals surface area (Å²) < 4.78 is 0. The third-order valence-corrected chi connectivity index (χ3v) is 5.83. The fourth-order valence-electron chi connectivity index (χ4n) is 3.69. The molecule has 1 aliphatic carbocycles. The smallest absolute Gasteiger partial charge is 0.0161 e. The second-order valence-electron chi connectivity index (χ2n) is 9.08. The highest BCUT2D eigenvalue weighted by Gasteiger charge is 2.06. The van der Waals surface area contributed by atoms with E-state index >= 15 is 0 Å². The first kappa shape index (κ1) is 38.5. The van der Waals surface area contributed by atoms with Crippen molar-refractivity contribution in [2.75, 3.05) is 0 Å². The molecule has 206 valence electrons. The van der Waals surface area contributed by atoms with Gasteiger partial charge in [0, 0.05) is 0 Å². The van der Waals surface area contributed by atoms with Crippen molar-refractivity contribution in [3.8, 4) is 0 Å². The second kappa shape index (κ2) is 26.0. The van der Waals surface area contributed by atoms with Gasteiger partial charge in [-0.15, -0.1) is 0 Å². The van der Waals surface area contributed by atoms with Gasteiger partial charge < -0.3 is 0 Å². The van der Waals surface area contributed by atoms with Crippen LogP contribution in [0, 0.1) is 26.7 Å². The molecule has 0 heterocycles. The van der Waals surface area contributed by atoms with E-state index in [2.05, 4.69) is 97.5 Å². The molecular weight excluding hydrogens is 432 g/mol. The molecule has 0 heteroatoms. The Labute approximate surface area is 228 Å². The number of benzene rings is 2. The van der Waals surface area contributed by atoms with Crippen molar-refractivity contribution in [1.29, 1.82) is 0 Å². The molecule has 0 amide bonds. The summed E-state index contributed by atoms with van der Waals surface area (Å²) in [5.74, 6) is 1.04. The molecule has 0 radical (unpaired) electrons. The SMILES string of the molecule is C=C(C=C(C)C)c1ccccc1C.CC.CC.CC.CC1CCCCC1.CCc1ccc(C)c(C)c1. The maximum absolute atomic E-state index is 4.05. The summed E-state index contributed by atoms with van der Waals surface area (Å²) in [5, 5.41) is 0. The Balaban J connectivity index is -0.000000422. The molecule has 0 bridgehead atoms. The van der Waals surface area contributed by atoms with E-state index in [1.807, 2.05) is 47.6 Å². The van der Waals surface area contributed by atoms with Gasteiger partial charge in [0.05, 0.1) is 0 Å². The Morgan fingerprint density at radius 2 is 1.31 bits per heavy atom. The van der Waals surface area contributed by atoms with Gasteiger partial charge in [-0.3, -0.25) is 0 Å². The third kappa shape index (κ3) is 19.1. The number of hydrogen-bond acceptors (Lipinski definition) is 0. The molecule has 0 aliphatic heterocycles. The van der Waals surface area contributed by atoms with Crippen molar-refractivity contribution in [2.45, 2.75) is 129 Å². The Hall–Kier alpha value is -2.08. The predicted octanol–water partition coefficient (Wildman–Crippen LogP) is 12.5. The first-order valence-electron chi connectivity index (χ1n) is 14.7. The molecule has 0 N–H and O–H groups in total. The van der Waals surface area contributed by atoms with Gasteiger partial charge in [0.2, 0.25) is 0 Å². The zero-order valence-corrected chi connectivity index (χ0v) is 26.6. The van der Waals surface area contributed by atoms with Crippen molar-refractivity contribution in [2.24, 2.45) is 5.92 Å². The van der Waals surface area contributed by atoms with Crippen LogP contribution in [0.2, 0.25) is 0 Å². The molecule has 0 nitrogen and oxygen atoms in total. The lowest BCUT2D eigenvalue weighted by Crippen LogP contribution is -1.99. The van der Waals surface area contributed by atoms with Crippen LogP contribution >= 0.6 is 0 Å².